The third kappa shape index (κ3) is 2.97. The van der Waals surface area contributed by atoms with Crippen LogP contribution in [-0.4, -0.2) is 26.9 Å². The Morgan fingerprint density at radius 2 is 1.50 bits per heavy atom. The molecule has 138 valence electrons. The number of carboxylic acid groups (broad SMARTS) is 1. The molecular formula is C22H16N2O4. The minimum Gasteiger partial charge on any atom is -0.478 e. The number of para-hydroxylation sites is 1. The maximum Gasteiger partial charge on any atom is 0.335 e. The molecule has 6 heteroatoms. The molecule has 3 aromatic carbocycles. The van der Waals surface area contributed by atoms with Crippen molar-refractivity contribution in [1.82, 2.24) is 4.73 Å². The quantitative estimate of drug-likeness (QED) is 0.460. The molecular weight excluding hydrogens is 356 g/mol. The number of aromatic nitrogens is 1. The standard InChI is InChI=1S/C22H16N2O4/c25-21(23-16-9-5-2-6-10-16)19-17-12-11-15(22(26)27)13-18(17)24(28)20(19)14-7-3-1-4-8-14/h1-13,28H,(H,23,25)(H,26,27). The minimum atomic E-state index is -1.11. The van der Waals surface area contributed by atoms with Gasteiger partial charge in [0.1, 0.15) is 5.69 Å². The normalized spacial score (nSPS) is 10.7. The van der Waals surface area contributed by atoms with Crippen LogP contribution < -0.4 is 5.32 Å². The highest BCUT2D eigenvalue weighted by Crippen LogP contribution is 2.34. The van der Waals surface area contributed by atoms with Gasteiger partial charge in [-0.3, -0.25) is 4.79 Å². The van der Waals surface area contributed by atoms with Crippen molar-refractivity contribution in [3.05, 3.63) is 90.0 Å². The van der Waals surface area contributed by atoms with E-state index in [1.165, 1.54) is 18.2 Å². The first-order valence-corrected chi connectivity index (χ1v) is 8.59. The monoisotopic (exact) mass is 372 g/mol. The van der Waals surface area contributed by atoms with Gasteiger partial charge in [0, 0.05) is 16.6 Å². The molecule has 0 spiro atoms. The second kappa shape index (κ2) is 6.92. The summed E-state index contributed by atoms with van der Waals surface area (Å²) in [5.74, 6) is -1.51. The zero-order chi connectivity index (χ0) is 19.7. The first-order valence-electron chi connectivity index (χ1n) is 8.59. The molecule has 0 aliphatic carbocycles. The van der Waals surface area contributed by atoms with Gasteiger partial charge in [0.05, 0.1) is 16.6 Å². The molecule has 0 radical (unpaired) electrons. The van der Waals surface area contributed by atoms with Crippen molar-refractivity contribution in [2.45, 2.75) is 0 Å². The van der Waals surface area contributed by atoms with E-state index < -0.39 is 11.9 Å². The Hall–Kier alpha value is -4.06. The van der Waals surface area contributed by atoms with E-state index in [1.54, 1.807) is 36.4 Å². The molecule has 0 fully saturated rings. The van der Waals surface area contributed by atoms with E-state index in [9.17, 15) is 19.9 Å². The molecule has 1 aromatic heterocycles. The second-order valence-corrected chi connectivity index (χ2v) is 6.26. The lowest BCUT2D eigenvalue weighted by Gasteiger charge is -2.08. The number of hydrogen-bond donors (Lipinski definition) is 3. The number of amides is 1. The maximum absolute atomic E-state index is 13.1. The second-order valence-electron chi connectivity index (χ2n) is 6.26. The van der Waals surface area contributed by atoms with Crippen LogP contribution in [0.4, 0.5) is 5.69 Å². The molecule has 0 unspecified atom stereocenters. The molecule has 1 amide bonds. The number of nitrogens with zero attached hydrogens (tertiary/aromatic N) is 1. The van der Waals surface area contributed by atoms with Crippen LogP contribution in [0, 0.1) is 0 Å². The van der Waals surface area contributed by atoms with Gasteiger partial charge in [-0.05, 0) is 24.3 Å². The van der Waals surface area contributed by atoms with Gasteiger partial charge in [-0.1, -0.05) is 54.6 Å². The number of carbonyl (C=O) groups excluding carboxylic acids is 1. The van der Waals surface area contributed by atoms with Gasteiger partial charge in [-0.25, -0.2) is 4.79 Å². The molecule has 0 saturated heterocycles. The Morgan fingerprint density at radius 3 is 2.14 bits per heavy atom. The Bertz CT molecular complexity index is 1180. The van der Waals surface area contributed by atoms with E-state index in [-0.39, 0.29) is 16.6 Å². The predicted octanol–water partition coefficient (Wildman–Crippen LogP) is 4.50. The lowest BCUT2D eigenvalue weighted by Crippen LogP contribution is -2.13. The van der Waals surface area contributed by atoms with Crippen molar-refractivity contribution in [1.29, 1.82) is 0 Å². The zero-order valence-corrected chi connectivity index (χ0v) is 14.7. The first kappa shape index (κ1) is 17.4. The molecule has 0 bridgehead atoms. The zero-order valence-electron chi connectivity index (χ0n) is 14.7. The molecule has 0 saturated carbocycles. The van der Waals surface area contributed by atoms with Gasteiger partial charge in [-0.2, -0.15) is 4.73 Å². The molecule has 0 aliphatic rings. The average Bonchev–Trinajstić information content (AvgIpc) is 3.01. The summed E-state index contributed by atoms with van der Waals surface area (Å²) in [5, 5.41) is 23.3. The summed E-state index contributed by atoms with van der Waals surface area (Å²) in [6, 6.07) is 22.3. The summed E-state index contributed by atoms with van der Waals surface area (Å²) in [4.78, 5) is 24.4. The van der Waals surface area contributed by atoms with E-state index in [0.717, 1.165) is 4.73 Å². The average molecular weight is 372 g/mol. The Labute approximate surface area is 160 Å². The molecule has 4 rings (SSSR count). The van der Waals surface area contributed by atoms with Gasteiger partial charge >= 0.3 is 5.97 Å². The van der Waals surface area contributed by atoms with Crippen molar-refractivity contribution < 1.29 is 19.9 Å². The SMILES string of the molecule is O=C(O)c1ccc2c(C(=O)Nc3ccccc3)c(-c3ccccc3)n(O)c2c1. The highest BCUT2D eigenvalue weighted by atomic mass is 16.5. The van der Waals surface area contributed by atoms with Crippen LogP contribution >= 0.6 is 0 Å². The van der Waals surface area contributed by atoms with E-state index in [0.29, 0.717) is 22.3 Å². The molecule has 4 aromatic rings. The lowest BCUT2D eigenvalue weighted by molar-refractivity contribution is 0.0696. The summed E-state index contributed by atoms with van der Waals surface area (Å²) < 4.78 is 0.872. The summed E-state index contributed by atoms with van der Waals surface area (Å²) in [7, 11) is 0. The lowest BCUT2D eigenvalue weighted by atomic mass is 10.0. The van der Waals surface area contributed by atoms with Crippen LogP contribution in [0.25, 0.3) is 22.2 Å². The van der Waals surface area contributed by atoms with Crippen LogP contribution in [0.1, 0.15) is 20.7 Å². The number of rotatable bonds is 4. The Balaban J connectivity index is 1.94. The van der Waals surface area contributed by atoms with Crippen LogP contribution in [0.5, 0.6) is 0 Å². The highest BCUT2D eigenvalue weighted by molar-refractivity contribution is 6.18. The predicted molar refractivity (Wildman–Crippen MR) is 106 cm³/mol. The molecule has 0 atom stereocenters. The van der Waals surface area contributed by atoms with Crippen LogP contribution in [0.2, 0.25) is 0 Å². The van der Waals surface area contributed by atoms with Gasteiger partial charge in [0.15, 0.2) is 0 Å². The van der Waals surface area contributed by atoms with Gasteiger partial charge in [-0.15, -0.1) is 0 Å². The molecule has 0 aliphatic heterocycles. The van der Waals surface area contributed by atoms with E-state index >= 15 is 0 Å². The van der Waals surface area contributed by atoms with Crippen LogP contribution in [0.3, 0.4) is 0 Å². The molecule has 6 nitrogen and oxygen atoms in total. The number of anilines is 1. The maximum atomic E-state index is 13.1. The van der Waals surface area contributed by atoms with Gasteiger partial charge < -0.3 is 15.6 Å². The van der Waals surface area contributed by atoms with Crippen molar-refractivity contribution in [3.63, 3.8) is 0 Å². The molecule has 28 heavy (non-hydrogen) atoms. The number of benzene rings is 3. The fourth-order valence-electron chi connectivity index (χ4n) is 3.21. The smallest absolute Gasteiger partial charge is 0.335 e. The third-order valence-electron chi connectivity index (χ3n) is 4.50. The van der Waals surface area contributed by atoms with E-state index in [2.05, 4.69) is 5.32 Å². The highest BCUT2D eigenvalue weighted by Gasteiger charge is 2.24. The fourth-order valence-corrected chi connectivity index (χ4v) is 3.21. The molecule has 3 N–H and O–H groups in total. The fraction of sp³-hybridized carbons (Fsp3) is 0. The summed E-state index contributed by atoms with van der Waals surface area (Å²) in [5.41, 5.74) is 2.09. The van der Waals surface area contributed by atoms with Crippen molar-refractivity contribution in [2.75, 3.05) is 5.32 Å². The Morgan fingerprint density at radius 1 is 0.857 bits per heavy atom. The van der Waals surface area contributed by atoms with Crippen LogP contribution in [-0.2, 0) is 0 Å². The first-order chi connectivity index (χ1) is 13.6. The number of nitrogens with one attached hydrogen (secondary N) is 1. The number of aromatic carboxylic acids is 1. The van der Waals surface area contributed by atoms with Crippen molar-refractivity contribution >= 4 is 28.5 Å². The van der Waals surface area contributed by atoms with Crippen LogP contribution in [0.15, 0.2) is 78.9 Å². The van der Waals surface area contributed by atoms with Gasteiger partial charge in [0.25, 0.3) is 5.91 Å². The number of carbonyl (C=O) groups is 2. The van der Waals surface area contributed by atoms with E-state index in [4.69, 9.17) is 0 Å². The molecule has 1 heterocycles. The summed E-state index contributed by atoms with van der Waals surface area (Å²) >= 11 is 0. The number of hydrogen-bond acceptors (Lipinski definition) is 3. The largest absolute Gasteiger partial charge is 0.478 e. The number of carboxylic acids is 1. The Kier molecular flexibility index (Phi) is 4.29. The summed E-state index contributed by atoms with van der Waals surface area (Å²) in [6.45, 7) is 0. The van der Waals surface area contributed by atoms with E-state index in [1.807, 2.05) is 24.3 Å². The summed E-state index contributed by atoms with van der Waals surface area (Å²) in [6.07, 6.45) is 0. The minimum absolute atomic E-state index is 0.0231. The van der Waals surface area contributed by atoms with Crippen molar-refractivity contribution in [2.24, 2.45) is 0 Å². The topological polar surface area (TPSA) is 91.6 Å². The third-order valence-corrected chi connectivity index (χ3v) is 4.50. The van der Waals surface area contributed by atoms with Crippen molar-refractivity contribution in [3.8, 4) is 11.3 Å². The number of fused-ring (bicyclic) bond motifs is 1. The van der Waals surface area contributed by atoms with Gasteiger partial charge in [0.2, 0.25) is 0 Å².